The Hall–Kier alpha value is -2.25. The van der Waals surface area contributed by atoms with Crippen LogP contribution in [0.2, 0.25) is 15.1 Å². The molecule has 0 fully saturated rings. The largest absolute Gasteiger partial charge is 0.339 e. The van der Waals surface area contributed by atoms with Crippen LogP contribution in [0.4, 0.5) is 10.5 Å². The molecule has 0 spiro atoms. The summed E-state index contributed by atoms with van der Waals surface area (Å²) >= 11 is 18.5. The Morgan fingerprint density at radius 3 is 2.17 bits per heavy atom. The van der Waals surface area contributed by atoms with E-state index >= 15 is 0 Å². The molecule has 0 saturated heterocycles. The number of hydrogen-bond donors (Lipinski definition) is 0. The van der Waals surface area contributed by atoms with Crippen LogP contribution in [-0.4, -0.2) is 18.8 Å². The highest BCUT2D eigenvalue weighted by atomic mass is 35.5. The highest BCUT2D eigenvalue weighted by Crippen LogP contribution is 2.42. The Morgan fingerprint density at radius 2 is 1.47 bits per heavy atom. The maximum atomic E-state index is 13.4. The van der Waals surface area contributed by atoms with Crippen LogP contribution in [0, 0.1) is 0 Å². The average molecular weight is 482 g/mol. The van der Waals surface area contributed by atoms with Gasteiger partial charge in [-0.15, -0.1) is 0 Å². The van der Waals surface area contributed by atoms with Crippen LogP contribution in [0.3, 0.4) is 0 Å². The summed E-state index contributed by atoms with van der Waals surface area (Å²) in [7, 11) is -4.21. The van der Waals surface area contributed by atoms with Crippen molar-refractivity contribution in [1.29, 1.82) is 0 Å². The first-order valence-electron chi connectivity index (χ1n) is 8.89. The summed E-state index contributed by atoms with van der Waals surface area (Å²) < 4.78 is 27.5. The van der Waals surface area contributed by atoms with Crippen LogP contribution in [-0.2, 0) is 23.1 Å². The van der Waals surface area contributed by atoms with Gasteiger partial charge in [-0.2, -0.15) is 0 Å². The van der Waals surface area contributed by atoms with Gasteiger partial charge in [0.15, 0.2) is 0 Å². The molecule has 1 aliphatic heterocycles. The maximum absolute atomic E-state index is 13.4. The van der Waals surface area contributed by atoms with Crippen LogP contribution in [0.15, 0.2) is 71.6 Å². The Balaban J connectivity index is 1.85. The monoisotopic (exact) mass is 480 g/mol. The van der Waals surface area contributed by atoms with Crippen LogP contribution in [0.25, 0.3) is 0 Å². The van der Waals surface area contributed by atoms with E-state index in [1.165, 1.54) is 17.0 Å². The second-order valence-corrected chi connectivity index (χ2v) is 9.81. The first-order valence-corrected chi connectivity index (χ1v) is 11.5. The molecule has 3 aromatic carbocycles. The van der Waals surface area contributed by atoms with Gasteiger partial charge in [-0.05, 0) is 35.4 Å². The van der Waals surface area contributed by atoms with E-state index < -0.39 is 16.1 Å². The molecule has 2 amide bonds. The van der Waals surface area contributed by atoms with Gasteiger partial charge >= 0.3 is 6.03 Å². The number of nitrogens with zero attached hydrogens (tertiary/aromatic N) is 2. The zero-order valence-corrected chi connectivity index (χ0v) is 18.5. The van der Waals surface area contributed by atoms with Gasteiger partial charge in [0.2, 0.25) is 0 Å². The zero-order valence-electron chi connectivity index (χ0n) is 15.4. The lowest BCUT2D eigenvalue weighted by Crippen LogP contribution is -2.50. The normalized spacial score (nSPS) is 15.2. The molecule has 1 heterocycles. The number of fused-ring (bicyclic) bond motifs is 1. The predicted molar refractivity (Wildman–Crippen MR) is 119 cm³/mol. The highest BCUT2D eigenvalue weighted by molar-refractivity contribution is 7.90. The minimum Gasteiger partial charge on any atom is -0.288 e. The molecule has 154 valence electrons. The number of hydrogen-bond acceptors (Lipinski definition) is 3. The Kier molecular flexibility index (Phi) is 5.68. The van der Waals surface area contributed by atoms with E-state index in [9.17, 15) is 13.2 Å². The summed E-state index contributed by atoms with van der Waals surface area (Å²) in [6.07, 6.45) is 0. The maximum Gasteiger partial charge on any atom is 0.339 e. The molecule has 0 atom stereocenters. The van der Waals surface area contributed by atoms with Crippen molar-refractivity contribution in [2.45, 2.75) is 18.0 Å². The number of sulfonamides is 1. The highest BCUT2D eigenvalue weighted by Gasteiger charge is 2.43. The minimum atomic E-state index is -4.21. The summed E-state index contributed by atoms with van der Waals surface area (Å²) in [5.74, 6) is 0. The number of carbonyl (C=O) groups excluding carboxylic acids is 1. The number of amides is 2. The fourth-order valence-electron chi connectivity index (χ4n) is 3.33. The Bertz CT molecular complexity index is 1230. The van der Waals surface area contributed by atoms with Crippen LogP contribution >= 0.6 is 34.8 Å². The minimum absolute atomic E-state index is 0.0424. The number of urea groups is 1. The first-order chi connectivity index (χ1) is 14.3. The van der Waals surface area contributed by atoms with Gasteiger partial charge in [0, 0.05) is 10.0 Å². The fourth-order valence-corrected chi connectivity index (χ4v) is 5.90. The van der Waals surface area contributed by atoms with Gasteiger partial charge in [0.25, 0.3) is 10.0 Å². The molecular weight excluding hydrogens is 467 g/mol. The van der Waals surface area contributed by atoms with Crippen molar-refractivity contribution in [3.05, 3.63) is 92.9 Å². The molecule has 0 bridgehead atoms. The molecule has 0 N–H and O–H groups in total. The second kappa shape index (κ2) is 8.12. The summed E-state index contributed by atoms with van der Waals surface area (Å²) in [4.78, 5) is 14.6. The lowest BCUT2D eigenvalue weighted by Gasteiger charge is -2.37. The Morgan fingerprint density at radius 1 is 0.767 bits per heavy atom. The van der Waals surface area contributed by atoms with Gasteiger partial charge in [-0.1, -0.05) is 77.3 Å². The smallest absolute Gasteiger partial charge is 0.288 e. The van der Waals surface area contributed by atoms with Crippen molar-refractivity contribution < 1.29 is 13.2 Å². The molecular formula is C21H15Cl3N2O3S. The van der Waals surface area contributed by atoms with Crippen LogP contribution < -0.4 is 4.90 Å². The summed E-state index contributed by atoms with van der Waals surface area (Å²) in [5, 5.41) is 0.642. The van der Waals surface area contributed by atoms with Crippen LogP contribution in [0.5, 0.6) is 0 Å². The Labute approximate surface area is 189 Å². The molecule has 9 heteroatoms. The van der Waals surface area contributed by atoms with Crippen molar-refractivity contribution in [3.63, 3.8) is 0 Å². The van der Waals surface area contributed by atoms with Gasteiger partial charge in [-0.3, -0.25) is 4.90 Å². The molecule has 4 rings (SSSR count). The first kappa shape index (κ1) is 21.0. The van der Waals surface area contributed by atoms with Gasteiger partial charge < -0.3 is 0 Å². The van der Waals surface area contributed by atoms with Crippen molar-refractivity contribution >= 4 is 56.5 Å². The van der Waals surface area contributed by atoms with Gasteiger partial charge in [-0.25, -0.2) is 17.5 Å². The number of anilines is 1. The number of rotatable bonds is 4. The summed E-state index contributed by atoms with van der Waals surface area (Å²) in [6.45, 7) is -0.0175. The molecule has 1 aliphatic rings. The number of carbonyl (C=O) groups is 1. The number of benzene rings is 3. The summed E-state index contributed by atoms with van der Waals surface area (Å²) in [5.41, 5.74) is 1.56. The molecule has 0 aromatic heterocycles. The quantitative estimate of drug-likeness (QED) is 0.461. The third-order valence-electron chi connectivity index (χ3n) is 4.67. The van der Waals surface area contributed by atoms with E-state index in [1.807, 2.05) is 30.3 Å². The van der Waals surface area contributed by atoms with Gasteiger partial charge in [0.1, 0.15) is 4.90 Å². The van der Waals surface area contributed by atoms with Crippen molar-refractivity contribution in [2.75, 3.05) is 4.90 Å². The molecule has 3 aromatic rings. The SMILES string of the molecule is O=C1N(Cc2ccccc2)c2cc(Cl)cc(Cl)c2S(=O)(=O)N1Cc1cccc(Cl)c1. The van der Waals surface area contributed by atoms with E-state index in [2.05, 4.69) is 0 Å². The molecule has 0 radical (unpaired) electrons. The molecule has 0 saturated carbocycles. The number of halogens is 3. The topological polar surface area (TPSA) is 57.7 Å². The third kappa shape index (κ3) is 3.88. The third-order valence-corrected chi connectivity index (χ3v) is 7.34. The predicted octanol–water partition coefficient (Wildman–Crippen LogP) is 5.98. The second-order valence-electron chi connectivity index (χ2n) is 6.73. The van der Waals surface area contributed by atoms with Crippen molar-refractivity contribution in [2.24, 2.45) is 0 Å². The zero-order chi connectivity index (χ0) is 21.5. The lowest BCUT2D eigenvalue weighted by molar-refractivity contribution is 0.226. The summed E-state index contributed by atoms with van der Waals surface area (Å²) in [6, 6.07) is 18.0. The van der Waals surface area contributed by atoms with Crippen molar-refractivity contribution in [1.82, 2.24) is 4.31 Å². The van der Waals surface area contributed by atoms with Crippen molar-refractivity contribution in [3.8, 4) is 0 Å². The molecule has 30 heavy (non-hydrogen) atoms. The van der Waals surface area contributed by atoms with E-state index in [4.69, 9.17) is 34.8 Å². The molecule has 5 nitrogen and oxygen atoms in total. The standard InChI is InChI=1S/C21H15Cl3N2O3S/c22-16-8-4-7-15(9-16)13-26-21(27)25(12-14-5-2-1-3-6-14)19-11-17(23)10-18(24)20(19)30(26,28)29/h1-11H,12-13H2. The molecule has 0 aliphatic carbocycles. The van der Waals surface area contributed by atoms with Gasteiger partial charge in [0.05, 0.1) is 23.8 Å². The lowest BCUT2D eigenvalue weighted by atomic mass is 10.2. The van der Waals surface area contributed by atoms with Crippen LogP contribution in [0.1, 0.15) is 11.1 Å². The van der Waals surface area contributed by atoms with E-state index in [0.717, 1.165) is 9.87 Å². The van der Waals surface area contributed by atoms with E-state index in [0.29, 0.717) is 10.6 Å². The van der Waals surface area contributed by atoms with E-state index in [1.54, 1.807) is 24.3 Å². The van der Waals surface area contributed by atoms with E-state index in [-0.39, 0.29) is 33.7 Å². The molecule has 0 unspecified atom stereocenters. The average Bonchev–Trinajstić information content (AvgIpc) is 2.69. The fraction of sp³-hybridized carbons (Fsp3) is 0.0952.